The number of fused-ring (bicyclic) bond motifs is 12. The Kier molecular flexibility index (Phi) is 15.6. The third-order valence-electron chi connectivity index (χ3n) is 21.5. The normalized spacial score (nSPS) is 11.5. The fraction of sp³-hybridized carbons (Fsp3) is 0. The van der Waals surface area contributed by atoms with Gasteiger partial charge in [0.05, 0.1) is 16.9 Å². The zero-order valence-corrected chi connectivity index (χ0v) is 58.7. The number of nitriles is 1. The topological polar surface area (TPSA) is 56.6 Å². The molecule has 0 amide bonds. The number of hydrogen-bond donors (Lipinski definition) is 0. The van der Waals surface area contributed by atoms with Crippen molar-refractivity contribution in [3.8, 4) is 61.7 Å². The lowest BCUT2D eigenvalue weighted by Crippen LogP contribution is -2.11. The van der Waals surface area contributed by atoms with Gasteiger partial charge in [-0.15, -0.1) is 0 Å². The van der Waals surface area contributed by atoms with Crippen LogP contribution in [0.1, 0.15) is 5.56 Å². The number of para-hydroxylation sites is 3. The van der Waals surface area contributed by atoms with Crippen LogP contribution in [0.25, 0.3) is 164 Å². The molecule has 0 radical (unpaired) electrons. The molecule has 0 aliphatic heterocycles. The molecule has 5 heteroatoms. The van der Waals surface area contributed by atoms with E-state index in [-0.39, 0.29) is 0 Å². The molecule has 0 fully saturated rings. The van der Waals surface area contributed by atoms with Crippen molar-refractivity contribution in [1.29, 1.82) is 5.26 Å². The van der Waals surface area contributed by atoms with Crippen LogP contribution in [0.3, 0.4) is 0 Å². The van der Waals surface area contributed by atoms with Gasteiger partial charge < -0.3 is 18.6 Å². The molecule has 504 valence electrons. The molecule has 0 bridgehead atoms. The molecule has 0 atom stereocenters. The van der Waals surface area contributed by atoms with E-state index in [1.54, 1.807) is 0 Å². The molecule has 0 spiro atoms. The third kappa shape index (κ3) is 11.3. The third-order valence-corrected chi connectivity index (χ3v) is 21.5. The Morgan fingerprint density at radius 3 is 1.30 bits per heavy atom. The van der Waals surface area contributed by atoms with Gasteiger partial charge in [0.15, 0.2) is 5.58 Å². The molecule has 21 rings (SSSR count). The molecule has 0 unspecified atom stereocenters. The maximum atomic E-state index is 9.84. The Morgan fingerprint density at radius 1 is 0.213 bits per heavy atom. The van der Waals surface area contributed by atoms with E-state index >= 15 is 0 Å². The quantitative estimate of drug-likeness (QED) is 0.129. The molecule has 0 aliphatic carbocycles. The van der Waals surface area contributed by atoms with E-state index in [0.717, 1.165) is 105 Å². The van der Waals surface area contributed by atoms with Crippen molar-refractivity contribution in [3.63, 3.8) is 0 Å². The minimum atomic E-state index is 0.542. The highest BCUT2D eigenvalue weighted by Gasteiger charge is 2.23. The van der Waals surface area contributed by atoms with Gasteiger partial charge in [-0.2, -0.15) is 5.26 Å². The first kappa shape index (κ1) is 63.1. The Bertz CT molecular complexity index is 6980. The van der Waals surface area contributed by atoms with Crippen molar-refractivity contribution in [3.05, 3.63) is 400 Å². The van der Waals surface area contributed by atoms with Gasteiger partial charge in [0.1, 0.15) is 22.8 Å². The van der Waals surface area contributed by atoms with Crippen LogP contribution < -0.4 is 9.80 Å². The summed E-state index contributed by atoms with van der Waals surface area (Å²) in [6.45, 7) is 0. The summed E-state index contributed by atoms with van der Waals surface area (Å²) in [6, 6.07) is 143. The Balaban J connectivity index is 0.000000143. The van der Waals surface area contributed by atoms with Gasteiger partial charge in [0.25, 0.3) is 0 Å². The van der Waals surface area contributed by atoms with Crippen molar-refractivity contribution in [2.75, 3.05) is 9.80 Å². The largest absolute Gasteiger partial charge is 0.456 e. The fourth-order valence-electron chi connectivity index (χ4n) is 16.1. The number of rotatable bonds is 11. The van der Waals surface area contributed by atoms with Crippen LogP contribution in [0.2, 0.25) is 0 Å². The summed E-state index contributed by atoms with van der Waals surface area (Å²) in [4.78, 5) is 4.73. The Morgan fingerprint density at radius 2 is 0.657 bits per heavy atom. The molecular formula is C103H65N3O2. The molecule has 5 nitrogen and oxygen atoms in total. The van der Waals surface area contributed by atoms with Gasteiger partial charge in [-0.3, -0.25) is 0 Å². The lowest BCUT2D eigenvalue weighted by molar-refractivity contribution is 0.669. The SMILES string of the molecule is N#Cc1cccc2c1oc1c(-c3ccc(-c4ccc(N(c5ccccc5)c5cccc6ccccc56)c5ccccc45)cc3)c3ccccc3cc12.c1ccc2cc(-c3ccc(N(c4ccc(-c5ccc6ccccc6c5)cc4)c4ccc(-c5ccc6cc7c(cc6c5)oc5ccccc57)cc4)cc3)ccc2c1. The van der Waals surface area contributed by atoms with E-state index in [4.69, 9.17) is 8.83 Å². The highest BCUT2D eigenvalue weighted by atomic mass is 16.3. The van der Waals surface area contributed by atoms with Crippen LogP contribution in [0, 0.1) is 11.3 Å². The zero-order chi connectivity index (χ0) is 71.6. The Hall–Kier alpha value is -14.6. The van der Waals surface area contributed by atoms with Gasteiger partial charge in [-0.25, -0.2) is 0 Å². The van der Waals surface area contributed by atoms with Crippen molar-refractivity contribution in [2.45, 2.75) is 0 Å². The number of anilines is 6. The van der Waals surface area contributed by atoms with E-state index in [2.05, 4.69) is 380 Å². The fourth-order valence-corrected chi connectivity index (χ4v) is 16.1. The van der Waals surface area contributed by atoms with Gasteiger partial charge in [-0.05, 0) is 213 Å². The van der Waals surface area contributed by atoms with Gasteiger partial charge in [-0.1, -0.05) is 285 Å². The highest BCUT2D eigenvalue weighted by molar-refractivity contribution is 6.19. The predicted molar refractivity (Wildman–Crippen MR) is 454 cm³/mol. The molecule has 21 aromatic rings. The van der Waals surface area contributed by atoms with Crippen molar-refractivity contribution < 1.29 is 8.83 Å². The van der Waals surface area contributed by atoms with E-state index in [0.29, 0.717) is 11.1 Å². The van der Waals surface area contributed by atoms with Crippen molar-refractivity contribution >= 4 is 143 Å². The molecule has 0 saturated carbocycles. The van der Waals surface area contributed by atoms with Gasteiger partial charge in [0.2, 0.25) is 0 Å². The smallest absolute Gasteiger partial charge is 0.153 e. The standard InChI is InChI=1S/C54H35NO.C49H30N2O/c1-3-9-41-31-43(15-13-36(41)7-1)38-19-25-48(26-20-38)55(49-27-21-39(22-28-49)44-16-14-37-8-2-4-10-42(37)32-44)50-29-23-40(24-30-50)45-17-18-46-34-52-51-11-5-6-12-53(51)56-54(52)35-47(46)33-45;50-31-36-15-10-22-43-44-30-35-13-5-7-19-40(35)47(49(44)52-48(36)43)34-26-24-33(25-27-34)38-28-29-46(42-21-9-8-20-41(38)42)51(37-16-2-1-3-17-37)45-23-11-14-32-12-4-6-18-39(32)45/h1-35H;1-30H. The lowest BCUT2D eigenvalue weighted by atomic mass is 9.92. The summed E-state index contributed by atoms with van der Waals surface area (Å²) in [7, 11) is 0. The molecular weight excluding hydrogens is 1310 g/mol. The van der Waals surface area contributed by atoms with E-state index in [1.165, 1.54) is 87.4 Å². The summed E-state index contributed by atoms with van der Waals surface area (Å²) in [5, 5.41) is 28.5. The number of furan rings is 2. The van der Waals surface area contributed by atoms with Crippen LogP contribution in [0.5, 0.6) is 0 Å². The molecule has 0 saturated heterocycles. The average Bonchev–Trinajstić information content (AvgIpc) is 1.57. The second kappa shape index (κ2) is 26.6. The van der Waals surface area contributed by atoms with Crippen LogP contribution >= 0.6 is 0 Å². The highest BCUT2D eigenvalue weighted by Crippen LogP contribution is 2.47. The maximum absolute atomic E-state index is 9.84. The molecule has 108 heavy (non-hydrogen) atoms. The summed E-state index contributed by atoms with van der Waals surface area (Å²) in [6.07, 6.45) is 0. The second-order valence-corrected chi connectivity index (χ2v) is 27.8. The maximum Gasteiger partial charge on any atom is 0.153 e. The van der Waals surface area contributed by atoms with Crippen molar-refractivity contribution in [2.24, 2.45) is 0 Å². The van der Waals surface area contributed by atoms with Crippen LogP contribution in [-0.2, 0) is 0 Å². The first-order valence-corrected chi connectivity index (χ1v) is 36.6. The minimum Gasteiger partial charge on any atom is -0.456 e. The summed E-state index contributed by atoms with van der Waals surface area (Å²) < 4.78 is 12.8. The molecule has 0 N–H and O–H groups in total. The van der Waals surface area contributed by atoms with E-state index < -0.39 is 0 Å². The molecule has 0 aliphatic rings. The van der Waals surface area contributed by atoms with Gasteiger partial charge >= 0.3 is 0 Å². The second-order valence-electron chi connectivity index (χ2n) is 27.8. The number of hydrogen-bond acceptors (Lipinski definition) is 5. The van der Waals surface area contributed by atoms with Crippen LogP contribution in [0.4, 0.5) is 34.1 Å². The minimum absolute atomic E-state index is 0.542. The summed E-state index contributed by atoms with van der Waals surface area (Å²) in [5.74, 6) is 0. The predicted octanol–water partition coefficient (Wildman–Crippen LogP) is 29.2. The average molecular weight is 1380 g/mol. The Labute approximate surface area is 624 Å². The monoisotopic (exact) mass is 1380 g/mol. The first-order chi connectivity index (χ1) is 53.5. The molecule has 2 heterocycles. The van der Waals surface area contributed by atoms with E-state index in [1.807, 2.05) is 30.3 Å². The zero-order valence-electron chi connectivity index (χ0n) is 58.7. The van der Waals surface area contributed by atoms with E-state index in [9.17, 15) is 5.26 Å². The van der Waals surface area contributed by atoms with Gasteiger partial charge in [0, 0.05) is 60.6 Å². The lowest BCUT2D eigenvalue weighted by Gasteiger charge is -2.28. The van der Waals surface area contributed by atoms with Crippen LogP contribution in [-0.4, -0.2) is 0 Å². The van der Waals surface area contributed by atoms with Crippen molar-refractivity contribution in [1.82, 2.24) is 0 Å². The molecule has 2 aromatic heterocycles. The van der Waals surface area contributed by atoms with Crippen LogP contribution in [0.15, 0.2) is 403 Å². The number of benzene rings is 19. The summed E-state index contributed by atoms with van der Waals surface area (Å²) in [5.41, 5.74) is 22.0. The first-order valence-electron chi connectivity index (χ1n) is 36.6. The number of nitrogens with zero attached hydrogens (tertiary/aromatic N) is 3. The summed E-state index contributed by atoms with van der Waals surface area (Å²) >= 11 is 0. The molecule has 19 aromatic carbocycles.